The number of methoxy groups -OCH3 is 1. The minimum absolute atomic E-state index is 0.180. The van der Waals surface area contributed by atoms with Crippen molar-refractivity contribution >= 4 is 18.0 Å². The van der Waals surface area contributed by atoms with Crippen LogP contribution in [0.1, 0.15) is 34.0 Å². The standard InChI is InChI=1S/C21H23F3N2O3/c1-5-26(3)13-25-18-10-9-17(19(28-4)14(18)2)20(27)29-12-15-7-6-8-16(11-15)21(22,23)24/h6-11,13H,5,12H2,1-4H3/b25-13+. The Labute approximate surface area is 167 Å². The number of ether oxygens (including phenoxy) is 2. The van der Waals surface area contributed by atoms with E-state index in [-0.39, 0.29) is 17.7 Å². The fraction of sp³-hybridized carbons (Fsp3) is 0.333. The third-order valence-electron chi connectivity index (χ3n) is 4.32. The van der Waals surface area contributed by atoms with Gasteiger partial charge in [-0.25, -0.2) is 9.79 Å². The summed E-state index contributed by atoms with van der Waals surface area (Å²) in [5.74, 6) is -0.378. The summed E-state index contributed by atoms with van der Waals surface area (Å²) in [6.45, 7) is 4.26. The van der Waals surface area contributed by atoms with Crippen LogP contribution in [0, 0.1) is 6.92 Å². The largest absolute Gasteiger partial charge is 0.495 e. The smallest absolute Gasteiger partial charge is 0.416 e. The number of carbonyl (C=O) groups is 1. The summed E-state index contributed by atoms with van der Waals surface area (Å²) in [7, 11) is 3.31. The van der Waals surface area contributed by atoms with E-state index in [4.69, 9.17) is 9.47 Å². The zero-order valence-electron chi connectivity index (χ0n) is 16.7. The first-order chi connectivity index (χ1) is 13.7. The number of carbonyl (C=O) groups excluding carboxylic acids is 1. The van der Waals surface area contributed by atoms with Gasteiger partial charge in [0.15, 0.2) is 0 Å². The van der Waals surface area contributed by atoms with Gasteiger partial charge < -0.3 is 14.4 Å². The first-order valence-electron chi connectivity index (χ1n) is 8.92. The SMILES string of the molecule is CCN(C)/C=N/c1ccc(C(=O)OCc2cccc(C(F)(F)F)c2)c(OC)c1C. The van der Waals surface area contributed by atoms with Crippen molar-refractivity contribution in [3.05, 3.63) is 58.7 Å². The zero-order chi connectivity index (χ0) is 21.6. The molecule has 8 heteroatoms. The Balaban J connectivity index is 2.19. The van der Waals surface area contributed by atoms with E-state index in [2.05, 4.69) is 4.99 Å². The molecule has 0 spiro atoms. The molecule has 0 aliphatic heterocycles. The molecule has 0 aliphatic rings. The molecule has 0 unspecified atom stereocenters. The maximum Gasteiger partial charge on any atom is 0.416 e. The molecule has 156 valence electrons. The van der Waals surface area contributed by atoms with Gasteiger partial charge in [-0.05, 0) is 43.7 Å². The van der Waals surface area contributed by atoms with Crippen molar-refractivity contribution in [1.82, 2.24) is 4.90 Å². The van der Waals surface area contributed by atoms with Crippen molar-refractivity contribution in [2.24, 2.45) is 4.99 Å². The number of benzene rings is 2. The maximum absolute atomic E-state index is 12.8. The van der Waals surface area contributed by atoms with Crippen molar-refractivity contribution in [3.8, 4) is 5.75 Å². The summed E-state index contributed by atoms with van der Waals surface area (Å²) >= 11 is 0. The molecule has 0 radical (unpaired) electrons. The normalized spacial score (nSPS) is 11.6. The van der Waals surface area contributed by atoms with Crippen LogP contribution in [-0.2, 0) is 17.5 Å². The van der Waals surface area contributed by atoms with Crippen LogP contribution in [0.5, 0.6) is 5.75 Å². The van der Waals surface area contributed by atoms with E-state index in [0.29, 0.717) is 17.0 Å². The average Bonchev–Trinajstić information content (AvgIpc) is 2.70. The Morgan fingerprint density at radius 1 is 1.24 bits per heavy atom. The summed E-state index contributed by atoms with van der Waals surface area (Å²) < 4.78 is 49.0. The van der Waals surface area contributed by atoms with E-state index in [1.165, 1.54) is 25.3 Å². The lowest BCUT2D eigenvalue weighted by atomic mass is 10.1. The van der Waals surface area contributed by atoms with E-state index in [0.717, 1.165) is 18.7 Å². The number of hydrogen-bond acceptors (Lipinski definition) is 4. The predicted octanol–water partition coefficient (Wildman–Crippen LogP) is 4.99. The van der Waals surface area contributed by atoms with Crippen LogP contribution in [0.2, 0.25) is 0 Å². The van der Waals surface area contributed by atoms with Crippen molar-refractivity contribution in [3.63, 3.8) is 0 Å². The Morgan fingerprint density at radius 3 is 2.59 bits per heavy atom. The number of halogens is 3. The number of rotatable bonds is 7. The Bertz CT molecular complexity index is 895. The molecule has 0 heterocycles. The van der Waals surface area contributed by atoms with Crippen molar-refractivity contribution < 1.29 is 27.4 Å². The third-order valence-corrected chi connectivity index (χ3v) is 4.32. The van der Waals surface area contributed by atoms with Gasteiger partial charge in [0.1, 0.15) is 17.9 Å². The molecule has 2 rings (SSSR count). The van der Waals surface area contributed by atoms with E-state index in [1.54, 1.807) is 19.3 Å². The van der Waals surface area contributed by atoms with E-state index >= 15 is 0 Å². The highest BCUT2D eigenvalue weighted by atomic mass is 19.4. The third kappa shape index (κ3) is 5.73. The van der Waals surface area contributed by atoms with Crippen LogP contribution in [-0.4, -0.2) is 37.9 Å². The van der Waals surface area contributed by atoms with Gasteiger partial charge in [-0.1, -0.05) is 12.1 Å². The number of nitrogens with zero attached hydrogens (tertiary/aromatic N) is 2. The lowest BCUT2D eigenvalue weighted by Crippen LogP contribution is -2.14. The second-order valence-electron chi connectivity index (χ2n) is 6.38. The monoisotopic (exact) mass is 408 g/mol. The molecule has 5 nitrogen and oxygen atoms in total. The van der Waals surface area contributed by atoms with Gasteiger partial charge in [-0.3, -0.25) is 0 Å². The van der Waals surface area contributed by atoms with Crippen molar-refractivity contribution in [1.29, 1.82) is 0 Å². The van der Waals surface area contributed by atoms with Gasteiger partial charge in [-0.15, -0.1) is 0 Å². The Kier molecular flexibility index (Phi) is 7.25. The fourth-order valence-electron chi connectivity index (χ4n) is 2.55. The van der Waals surface area contributed by atoms with Crippen LogP contribution in [0.15, 0.2) is 41.4 Å². The van der Waals surface area contributed by atoms with Crippen molar-refractivity contribution in [2.45, 2.75) is 26.6 Å². The molecule has 2 aromatic carbocycles. The van der Waals surface area contributed by atoms with E-state index < -0.39 is 17.7 Å². The molecule has 0 aliphatic carbocycles. The quantitative estimate of drug-likeness (QED) is 0.368. The van der Waals surface area contributed by atoms with Crippen LogP contribution >= 0.6 is 0 Å². The highest BCUT2D eigenvalue weighted by Gasteiger charge is 2.30. The van der Waals surface area contributed by atoms with Gasteiger partial charge in [0, 0.05) is 19.2 Å². The average molecular weight is 408 g/mol. The summed E-state index contributed by atoms with van der Waals surface area (Å²) in [5.41, 5.74) is 0.921. The van der Waals surface area contributed by atoms with Gasteiger partial charge >= 0.3 is 12.1 Å². The zero-order valence-corrected chi connectivity index (χ0v) is 16.7. The Morgan fingerprint density at radius 2 is 1.97 bits per heavy atom. The number of hydrogen-bond donors (Lipinski definition) is 0. The summed E-state index contributed by atoms with van der Waals surface area (Å²) in [6.07, 6.45) is -2.78. The Hall–Kier alpha value is -3.03. The molecule has 0 aromatic heterocycles. The second-order valence-corrected chi connectivity index (χ2v) is 6.38. The van der Waals surface area contributed by atoms with Crippen LogP contribution in [0.25, 0.3) is 0 Å². The molecule has 29 heavy (non-hydrogen) atoms. The summed E-state index contributed by atoms with van der Waals surface area (Å²) in [4.78, 5) is 18.8. The fourth-order valence-corrected chi connectivity index (χ4v) is 2.55. The van der Waals surface area contributed by atoms with Crippen LogP contribution in [0.4, 0.5) is 18.9 Å². The predicted molar refractivity (Wildman–Crippen MR) is 105 cm³/mol. The minimum atomic E-state index is -4.46. The van der Waals surface area contributed by atoms with Gasteiger partial charge in [-0.2, -0.15) is 13.2 Å². The summed E-state index contributed by atoms with van der Waals surface area (Å²) in [5, 5.41) is 0. The maximum atomic E-state index is 12.8. The number of esters is 1. The molecule has 0 bridgehead atoms. The van der Waals surface area contributed by atoms with E-state index in [1.807, 2.05) is 18.9 Å². The first kappa shape index (κ1) is 22.3. The van der Waals surface area contributed by atoms with Gasteiger partial charge in [0.25, 0.3) is 0 Å². The minimum Gasteiger partial charge on any atom is -0.495 e. The lowest BCUT2D eigenvalue weighted by Gasteiger charge is -2.14. The molecular weight excluding hydrogens is 385 g/mol. The molecule has 0 fully saturated rings. The molecule has 0 N–H and O–H groups in total. The highest BCUT2D eigenvalue weighted by molar-refractivity contribution is 5.94. The molecular formula is C21H23F3N2O3. The van der Waals surface area contributed by atoms with E-state index in [9.17, 15) is 18.0 Å². The molecule has 0 saturated heterocycles. The molecule has 0 amide bonds. The highest BCUT2D eigenvalue weighted by Crippen LogP contribution is 2.33. The molecule has 0 atom stereocenters. The lowest BCUT2D eigenvalue weighted by molar-refractivity contribution is -0.137. The van der Waals surface area contributed by atoms with Crippen LogP contribution in [0.3, 0.4) is 0 Å². The van der Waals surface area contributed by atoms with Gasteiger partial charge in [0.2, 0.25) is 0 Å². The molecule has 2 aromatic rings. The first-order valence-corrected chi connectivity index (χ1v) is 8.92. The van der Waals surface area contributed by atoms with Crippen molar-refractivity contribution in [2.75, 3.05) is 20.7 Å². The van der Waals surface area contributed by atoms with Gasteiger partial charge in [0.05, 0.1) is 24.7 Å². The number of alkyl halides is 3. The second kappa shape index (κ2) is 9.45. The number of aliphatic imine (C=N–C) groups is 1. The molecule has 0 saturated carbocycles. The summed E-state index contributed by atoms with van der Waals surface area (Å²) in [6, 6.07) is 7.85. The van der Waals surface area contributed by atoms with Crippen LogP contribution < -0.4 is 4.74 Å². The topological polar surface area (TPSA) is 51.1 Å².